The molecule has 0 aliphatic carbocycles. The molecule has 0 unspecified atom stereocenters. The monoisotopic (exact) mass is 307 g/mol. The van der Waals surface area contributed by atoms with Crippen molar-refractivity contribution in [3.8, 4) is 0 Å². The van der Waals surface area contributed by atoms with Crippen LogP contribution in [-0.2, 0) is 6.42 Å². The Bertz CT molecular complexity index is 622. The number of anilines is 1. The van der Waals surface area contributed by atoms with E-state index in [1.165, 1.54) is 18.2 Å². The number of rotatable bonds is 4. The summed E-state index contributed by atoms with van der Waals surface area (Å²) in [6, 6.07) is 7.61. The van der Waals surface area contributed by atoms with Crippen LogP contribution in [0.1, 0.15) is 5.56 Å². The van der Waals surface area contributed by atoms with Crippen LogP contribution in [0.25, 0.3) is 0 Å². The van der Waals surface area contributed by atoms with Gasteiger partial charge in [0.05, 0.1) is 5.02 Å². The summed E-state index contributed by atoms with van der Waals surface area (Å²) < 4.78 is 13.0. The number of nitrogens with one attached hydrogen (secondary N) is 1. The Morgan fingerprint density at radius 1 is 1.33 bits per heavy atom. The number of hydrogen-bond donors (Lipinski definition) is 1. The summed E-state index contributed by atoms with van der Waals surface area (Å²) in [4.78, 5) is 17.5. The first kappa shape index (κ1) is 15.3. The summed E-state index contributed by atoms with van der Waals surface area (Å²) in [7, 11) is 1.70. The topological polar surface area (TPSA) is 45.2 Å². The molecule has 0 saturated heterocycles. The zero-order chi connectivity index (χ0) is 15.2. The first-order valence-corrected chi connectivity index (χ1v) is 6.80. The summed E-state index contributed by atoms with van der Waals surface area (Å²) in [5.41, 5.74) is 1.57. The average molecular weight is 308 g/mol. The molecule has 1 N–H and O–H groups in total. The van der Waals surface area contributed by atoms with E-state index in [2.05, 4.69) is 10.3 Å². The van der Waals surface area contributed by atoms with Crippen LogP contribution >= 0.6 is 11.6 Å². The molecule has 0 spiro atoms. The number of aromatic nitrogens is 1. The van der Waals surface area contributed by atoms with Gasteiger partial charge in [0, 0.05) is 31.7 Å². The number of likely N-dealkylation sites (N-methyl/N-ethyl adjacent to an activating group) is 1. The minimum absolute atomic E-state index is 0.0211. The van der Waals surface area contributed by atoms with E-state index in [-0.39, 0.29) is 11.1 Å². The maximum absolute atomic E-state index is 13.0. The molecule has 0 radical (unpaired) electrons. The minimum Gasteiger partial charge on any atom is -0.327 e. The first-order chi connectivity index (χ1) is 10.1. The Balaban J connectivity index is 1.89. The van der Waals surface area contributed by atoms with E-state index in [0.717, 1.165) is 12.0 Å². The lowest BCUT2D eigenvalue weighted by atomic mass is 10.2. The van der Waals surface area contributed by atoms with Gasteiger partial charge in [-0.2, -0.15) is 0 Å². The van der Waals surface area contributed by atoms with Gasteiger partial charge in [-0.15, -0.1) is 0 Å². The summed E-state index contributed by atoms with van der Waals surface area (Å²) in [5.74, 6) is -0.513. The number of urea groups is 1. The van der Waals surface area contributed by atoms with Crippen molar-refractivity contribution < 1.29 is 9.18 Å². The quantitative estimate of drug-likeness (QED) is 0.938. The van der Waals surface area contributed by atoms with Gasteiger partial charge in [-0.25, -0.2) is 9.18 Å². The molecular weight excluding hydrogens is 293 g/mol. The number of nitrogens with zero attached hydrogens (tertiary/aromatic N) is 2. The fourth-order valence-electron chi connectivity index (χ4n) is 1.74. The fraction of sp³-hybridized carbons (Fsp3) is 0.200. The normalized spacial score (nSPS) is 10.2. The molecule has 21 heavy (non-hydrogen) atoms. The third kappa shape index (κ3) is 4.43. The van der Waals surface area contributed by atoms with Crippen molar-refractivity contribution in [2.75, 3.05) is 18.9 Å². The highest BCUT2D eigenvalue weighted by molar-refractivity contribution is 6.31. The van der Waals surface area contributed by atoms with Gasteiger partial charge in [0.2, 0.25) is 0 Å². The van der Waals surface area contributed by atoms with Gasteiger partial charge in [-0.3, -0.25) is 4.98 Å². The summed E-state index contributed by atoms with van der Waals surface area (Å²) in [5, 5.41) is 2.65. The molecule has 0 fully saturated rings. The molecule has 0 aliphatic heterocycles. The number of carbonyl (C=O) groups is 1. The summed E-state index contributed by atoms with van der Waals surface area (Å²) in [6.07, 6.45) is 4.17. The number of halogens is 2. The van der Waals surface area contributed by atoms with E-state index in [9.17, 15) is 9.18 Å². The smallest absolute Gasteiger partial charge is 0.321 e. The van der Waals surface area contributed by atoms with Crippen molar-refractivity contribution in [2.45, 2.75) is 6.42 Å². The van der Waals surface area contributed by atoms with E-state index < -0.39 is 5.82 Å². The Kier molecular flexibility index (Phi) is 5.11. The molecule has 2 amide bonds. The predicted octanol–water partition coefficient (Wildman–Crippen LogP) is 3.58. The van der Waals surface area contributed by atoms with Crippen molar-refractivity contribution in [1.82, 2.24) is 9.88 Å². The van der Waals surface area contributed by atoms with Gasteiger partial charge in [-0.1, -0.05) is 11.6 Å². The molecule has 2 rings (SSSR count). The van der Waals surface area contributed by atoms with Crippen LogP contribution in [0, 0.1) is 5.82 Å². The molecule has 0 saturated carbocycles. The lowest BCUT2D eigenvalue weighted by Gasteiger charge is -2.18. The lowest BCUT2D eigenvalue weighted by Crippen LogP contribution is -2.33. The first-order valence-electron chi connectivity index (χ1n) is 6.42. The number of carbonyl (C=O) groups excluding carboxylic acids is 1. The van der Waals surface area contributed by atoms with Crippen LogP contribution in [0.2, 0.25) is 5.02 Å². The van der Waals surface area contributed by atoms with Crippen molar-refractivity contribution in [3.63, 3.8) is 0 Å². The van der Waals surface area contributed by atoms with Crippen molar-refractivity contribution in [1.29, 1.82) is 0 Å². The SMILES string of the molecule is CN(CCc1ccncc1)C(=O)Nc1ccc(F)c(Cl)c1. The number of pyridine rings is 1. The highest BCUT2D eigenvalue weighted by Crippen LogP contribution is 2.19. The predicted molar refractivity (Wildman–Crippen MR) is 81.0 cm³/mol. The van der Waals surface area contributed by atoms with E-state index >= 15 is 0 Å². The molecule has 1 aromatic heterocycles. The average Bonchev–Trinajstić information content (AvgIpc) is 2.49. The Morgan fingerprint density at radius 3 is 2.71 bits per heavy atom. The maximum Gasteiger partial charge on any atom is 0.321 e. The van der Waals surface area contributed by atoms with Gasteiger partial charge in [0.1, 0.15) is 5.82 Å². The second-order valence-electron chi connectivity index (χ2n) is 4.59. The van der Waals surface area contributed by atoms with Gasteiger partial charge < -0.3 is 10.2 Å². The highest BCUT2D eigenvalue weighted by Gasteiger charge is 2.10. The molecule has 0 aliphatic rings. The minimum atomic E-state index is -0.513. The molecule has 0 bridgehead atoms. The molecule has 0 atom stereocenters. The second-order valence-corrected chi connectivity index (χ2v) is 4.99. The molecule has 1 aromatic carbocycles. The molecule has 2 aromatic rings. The molecular formula is C15H15ClFN3O. The van der Waals surface area contributed by atoms with Gasteiger partial charge in [0.25, 0.3) is 0 Å². The maximum atomic E-state index is 13.0. The van der Waals surface area contributed by atoms with Crippen LogP contribution < -0.4 is 5.32 Å². The van der Waals surface area contributed by atoms with Crippen molar-refractivity contribution in [3.05, 3.63) is 59.1 Å². The molecule has 110 valence electrons. The Morgan fingerprint density at radius 2 is 2.05 bits per heavy atom. The van der Waals surface area contributed by atoms with Crippen LogP contribution in [-0.4, -0.2) is 29.5 Å². The van der Waals surface area contributed by atoms with Gasteiger partial charge in [0.15, 0.2) is 0 Å². The highest BCUT2D eigenvalue weighted by atomic mass is 35.5. The zero-order valence-corrected chi connectivity index (χ0v) is 12.3. The van der Waals surface area contributed by atoms with Crippen molar-refractivity contribution >= 4 is 23.3 Å². The molecule has 6 heteroatoms. The standard InChI is InChI=1S/C15H15ClFN3O/c1-20(9-6-11-4-7-18-8-5-11)15(21)19-12-2-3-14(17)13(16)10-12/h2-5,7-8,10H,6,9H2,1H3,(H,19,21). The Labute approximate surface area is 127 Å². The Hall–Kier alpha value is -2.14. The van der Waals surface area contributed by atoms with E-state index in [1.807, 2.05) is 12.1 Å². The number of amides is 2. The molecule has 1 heterocycles. The van der Waals surface area contributed by atoms with Gasteiger partial charge >= 0.3 is 6.03 Å². The van der Waals surface area contributed by atoms with Crippen LogP contribution in [0.15, 0.2) is 42.7 Å². The molecule has 4 nitrogen and oxygen atoms in total. The summed E-state index contributed by atoms with van der Waals surface area (Å²) >= 11 is 5.67. The van der Waals surface area contributed by atoms with Crippen LogP contribution in [0.4, 0.5) is 14.9 Å². The third-order valence-corrected chi connectivity index (χ3v) is 3.29. The summed E-state index contributed by atoms with van der Waals surface area (Å²) in [6.45, 7) is 0.560. The van der Waals surface area contributed by atoms with Crippen LogP contribution in [0.3, 0.4) is 0 Å². The van der Waals surface area contributed by atoms with Crippen LogP contribution in [0.5, 0.6) is 0 Å². The zero-order valence-electron chi connectivity index (χ0n) is 11.5. The second kappa shape index (κ2) is 7.04. The van der Waals surface area contributed by atoms with Crippen molar-refractivity contribution in [2.24, 2.45) is 0 Å². The number of hydrogen-bond acceptors (Lipinski definition) is 2. The van der Waals surface area contributed by atoms with E-state index in [1.54, 1.807) is 24.3 Å². The fourth-order valence-corrected chi connectivity index (χ4v) is 1.92. The largest absolute Gasteiger partial charge is 0.327 e. The van der Waals surface area contributed by atoms with E-state index in [4.69, 9.17) is 11.6 Å². The third-order valence-electron chi connectivity index (χ3n) is 3.00. The van der Waals surface area contributed by atoms with Gasteiger partial charge in [-0.05, 0) is 42.3 Å². The number of benzene rings is 1. The van der Waals surface area contributed by atoms with E-state index in [0.29, 0.717) is 12.2 Å². The lowest BCUT2D eigenvalue weighted by molar-refractivity contribution is 0.223.